The van der Waals surface area contributed by atoms with Gasteiger partial charge < -0.3 is 5.32 Å². The summed E-state index contributed by atoms with van der Waals surface area (Å²) in [6.45, 7) is 2.12. The van der Waals surface area contributed by atoms with E-state index in [4.69, 9.17) is 11.6 Å². The zero-order valence-corrected chi connectivity index (χ0v) is 12.6. The zero-order valence-electron chi connectivity index (χ0n) is 11.9. The van der Waals surface area contributed by atoms with Crippen LogP contribution in [0.4, 0.5) is 5.69 Å². The molecule has 0 amide bonds. The summed E-state index contributed by atoms with van der Waals surface area (Å²) in [4.78, 5) is 4.29. The standard InChI is InChI=1S/C18H17ClN2/c1-11-8-13(19)9-16-14-5-2-6-15(14)18(21-17(11)16)12-4-3-7-20-10-12/h2-5,7-10,14-15,18,21H,6H2,1H3/t14-,15+,18+/m0/s1. The molecule has 1 aromatic carbocycles. The number of hydrogen-bond donors (Lipinski definition) is 1. The fourth-order valence-electron chi connectivity index (χ4n) is 3.73. The molecule has 21 heavy (non-hydrogen) atoms. The molecule has 1 N–H and O–H groups in total. The predicted octanol–water partition coefficient (Wildman–Crippen LogP) is 4.87. The Hall–Kier alpha value is -1.80. The fourth-order valence-corrected chi connectivity index (χ4v) is 4.01. The van der Waals surface area contributed by atoms with Gasteiger partial charge in [-0.3, -0.25) is 4.98 Å². The topological polar surface area (TPSA) is 24.9 Å². The van der Waals surface area contributed by atoms with Crippen LogP contribution in [0, 0.1) is 12.8 Å². The lowest BCUT2D eigenvalue weighted by Crippen LogP contribution is -2.29. The van der Waals surface area contributed by atoms with Crippen molar-refractivity contribution in [1.82, 2.24) is 4.98 Å². The average molecular weight is 297 g/mol. The summed E-state index contributed by atoms with van der Waals surface area (Å²) in [5.74, 6) is 0.989. The molecule has 1 aliphatic heterocycles. The van der Waals surface area contributed by atoms with Crippen molar-refractivity contribution in [3.8, 4) is 0 Å². The minimum Gasteiger partial charge on any atom is -0.377 e. The van der Waals surface area contributed by atoms with E-state index < -0.39 is 0 Å². The van der Waals surface area contributed by atoms with Crippen molar-refractivity contribution < 1.29 is 0 Å². The van der Waals surface area contributed by atoms with Gasteiger partial charge in [-0.05, 0) is 54.2 Å². The summed E-state index contributed by atoms with van der Waals surface area (Å²) in [6, 6.07) is 8.64. The van der Waals surface area contributed by atoms with Crippen LogP contribution in [0.1, 0.15) is 35.1 Å². The van der Waals surface area contributed by atoms with E-state index in [-0.39, 0.29) is 0 Å². The molecule has 4 rings (SSSR count). The van der Waals surface area contributed by atoms with Gasteiger partial charge >= 0.3 is 0 Å². The van der Waals surface area contributed by atoms with Crippen LogP contribution in [-0.4, -0.2) is 4.98 Å². The first-order valence-electron chi connectivity index (χ1n) is 7.37. The van der Waals surface area contributed by atoms with Crippen LogP contribution in [0.15, 0.2) is 48.8 Å². The molecule has 106 valence electrons. The van der Waals surface area contributed by atoms with Crippen molar-refractivity contribution in [3.63, 3.8) is 0 Å². The maximum atomic E-state index is 6.26. The summed E-state index contributed by atoms with van der Waals surface area (Å²) in [6.07, 6.45) is 9.54. The summed E-state index contributed by atoms with van der Waals surface area (Å²) >= 11 is 6.26. The molecule has 0 saturated carbocycles. The van der Waals surface area contributed by atoms with Crippen LogP contribution in [-0.2, 0) is 0 Å². The van der Waals surface area contributed by atoms with Gasteiger partial charge in [-0.25, -0.2) is 0 Å². The zero-order chi connectivity index (χ0) is 14.4. The fraction of sp³-hybridized carbons (Fsp3) is 0.278. The number of nitrogens with zero attached hydrogens (tertiary/aromatic N) is 1. The second kappa shape index (κ2) is 4.88. The van der Waals surface area contributed by atoms with Crippen LogP contribution < -0.4 is 5.32 Å². The minimum atomic E-state index is 0.311. The third kappa shape index (κ3) is 2.06. The Morgan fingerprint density at radius 3 is 3.05 bits per heavy atom. The molecular weight excluding hydrogens is 280 g/mol. The van der Waals surface area contributed by atoms with E-state index >= 15 is 0 Å². The first kappa shape index (κ1) is 12.9. The number of fused-ring (bicyclic) bond motifs is 3. The second-order valence-electron chi connectivity index (χ2n) is 5.95. The molecule has 2 nitrogen and oxygen atoms in total. The smallest absolute Gasteiger partial charge is 0.0569 e. The molecule has 0 spiro atoms. The van der Waals surface area contributed by atoms with E-state index in [1.807, 2.05) is 24.5 Å². The number of pyridine rings is 1. The van der Waals surface area contributed by atoms with Gasteiger partial charge in [0.1, 0.15) is 0 Å². The molecule has 0 radical (unpaired) electrons. The predicted molar refractivity (Wildman–Crippen MR) is 86.8 cm³/mol. The highest BCUT2D eigenvalue weighted by atomic mass is 35.5. The SMILES string of the molecule is Cc1cc(Cl)cc2c1N[C@H](c1cccnc1)[C@@H]1CC=C[C@H]21. The van der Waals surface area contributed by atoms with Gasteiger partial charge in [0, 0.05) is 29.0 Å². The summed E-state index contributed by atoms with van der Waals surface area (Å²) in [7, 11) is 0. The third-order valence-corrected chi connectivity index (χ3v) is 4.89. The monoisotopic (exact) mass is 296 g/mol. The molecule has 1 aliphatic carbocycles. The molecular formula is C18H17ClN2. The number of halogens is 1. The van der Waals surface area contributed by atoms with E-state index in [1.165, 1.54) is 22.4 Å². The number of allylic oxidation sites excluding steroid dienone is 2. The van der Waals surface area contributed by atoms with E-state index in [2.05, 4.69) is 41.5 Å². The molecule has 2 aliphatic rings. The summed E-state index contributed by atoms with van der Waals surface area (Å²) < 4.78 is 0. The Balaban J connectivity index is 1.84. The van der Waals surface area contributed by atoms with E-state index in [9.17, 15) is 0 Å². The number of aryl methyl sites for hydroxylation is 1. The van der Waals surface area contributed by atoms with E-state index in [1.54, 1.807) is 0 Å². The van der Waals surface area contributed by atoms with E-state index in [0.29, 0.717) is 17.9 Å². The number of nitrogens with one attached hydrogen (secondary N) is 1. The molecule has 0 fully saturated rings. The number of hydrogen-bond acceptors (Lipinski definition) is 2. The van der Waals surface area contributed by atoms with Gasteiger partial charge in [0.15, 0.2) is 0 Å². The first-order valence-corrected chi connectivity index (χ1v) is 7.75. The van der Waals surface area contributed by atoms with Crippen LogP contribution >= 0.6 is 11.6 Å². The maximum absolute atomic E-state index is 6.26. The normalized spacial score (nSPS) is 26.1. The number of aromatic nitrogens is 1. The molecule has 2 aromatic rings. The Morgan fingerprint density at radius 2 is 2.24 bits per heavy atom. The van der Waals surface area contributed by atoms with Crippen molar-refractivity contribution in [1.29, 1.82) is 0 Å². The average Bonchev–Trinajstić information content (AvgIpc) is 2.97. The summed E-state index contributed by atoms with van der Waals surface area (Å²) in [5, 5.41) is 4.57. The Labute approximate surface area is 129 Å². The molecule has 0 bridgehead atoms. The van der Waals surface area contributed by atoms with E-state index in [0.717, 1.165) is 11.4 Å². The van der Waals surface area contributed by atoms with Crippen LogP contribution in [0.3, 0.4) is 0 Å². The Bertz CT molecular complexity index is 709. The van der Waals surface area contributed by atoms with Gasteiger partial charge in [-0.1, -0.05) is 29.8 Å². The van der Waals surface area contributed by atoms with Crippen molar-refractivity contribution in [2.75, 3.05) is 5.32 Å². The van der Waals surface area contributed by atoms with Crippen molar-refractivity contribution in [3.05, 3.63) is 70.5 Å². The van der Waals surface area contributed by atoms with Gasteiger partial charge in [0.25, 0.3) is 0 Å². The van der Waals surface area contributed by atoms with Crippen molar-refractivity contribution in [2.24, 2.45) is 5.92 Å². The molecule has 0 saturated heterocycles. The van der Waals surface area contributed by atoms with Gasteiger partial charge in [0.05, 0.1) is 6.04 Å². The van der Waals surface area contributed by atoms with Crippen LogP contribution in [0.2, 0.25) is 5.02 Å². The Morgan fingerprint density at radius 1 is 1.33 bits per heavy atom. The van der Waals surface area contributed by atoms with Crippen LogP contribution in [0.25, 0.3) is 0 Å². The molecule has 1 aromatic heterocycles. The first-order chi connectivity index (χ1) is 10.2. The molecule has 2 heterocycles. The van der Waals surface area contributed by atoms with Crippen LogP contribution in [0.5, 0.6) is 0 Å². The number of rotatable bonds is 1. The number of anilines is 1. The minimum absolute atomic E-state index is 0.311. The quantitative estimate of drug-likeness (QED) is 0.759. The lowest BCUT2D eigenvalue weighted by atomic mass is 9.76. The van der Waals surface area contributed by atoms with Gasteiger partial charge in [-0.2, -0.15) is 0 Å². The lowest BCUT2D eigenvalue weighted by Gasteiger charge is -2.38. The lowest BCUT2D eigenvalue weighted by molar-refractivity contribution is 0.424. The summed E-state index contributed by atoms with van der Waals surface area (Å²) in [5.41, 5.74) is 5.04. The Kier molecular flexibility index (Phi) is 3.00. The second-order valence-corrected chi connectivity index (χ2v) is 6.39. The highest BCUT2D eigenvalue weighted by Crippen LogP contribution is 2.51. The van der Waals surface area contributed by atoms with Crippen molar-refractivity contribution in [2.45, 2.75) is 25.3 Å². The number of benzene rings is 1. The van der Waals surface area contributed by atoms with Gasteiger partial charge in [-0.15, -0.1) is 0 Å². The highest BCUT2D eigenvalue weighted by molar-refractivity contribution is 6.30. The maximum Gasteiger partial charge on any atom is 0.0569 e. The molecule has 0 unspecified atom stereocenters. The molecule has 3 atom stereocenters. The largest absolute Gasteiger partial charge is 0.377 e. The van der Waals surface area contributed by atoms with Gasteiger partial charge in [0.2, 0.25) is 0 Å². The third-order valence-electron chi connectivity index (χ3n) is 4.67. The molecule has 3 heteroatoms. The van der Waals surface area contributed by atoms with Crippen molar-refractivity contribution >= 4 is 17.3 Å². The highest BCUT2D eigenvalue weighted by Gasteiger charge is 2.38.